The van der Waals surface area contributed by atoms with Gasteiger partial charge in [0.1, 0.15) is 11.3 Å². The van der Waals surface area contributed by atoms with Crippen molar-refractivity contribution >= 4 is 17.3 Å². The van der Waals surface area contributed by atoms with Crippen LogP contribution in [-0.4, -0.2) is 18.0 Å². The van der Waals surface area contributed by atoms with E-state index in [4.69, 9.17) is 4.74 Å². The summed E-state index contributed by atoms with van der Waals surface area (Å²) in [4.78, 5) is 22.6. The first-order valence-electron chi connectivity index (χ1n) is 5.25. The second-order valence-electron chi connectivity index (χ2n) is 3.65. The second-order valence-corrected chi connectivity index (χ2v) is 3.65. The highest BCUT2D eigenvalue weighted by molar-refractivity contribution is 5.98. The Labute approximate surface area is 103 Å². The van der Waals surface area contributed by atoms with E-state index in [1.165, 1.54) is 6.92 Å². The summed E-state index contributed by atoms with van der Waals surface area (Å²) in [5.41, 5.74) is -0.000297. The molecule has 1 aromatic carbocycles. The van der Waals surface area contributed by atoms with Crippen LogP contribution in [0.2, 0.25) is 0 Å². The number of carbonyl (C=O) groups is 1. The van der Waals surface area contributed by atoms with E-state index < -0.39 is 5.63 Å². The summed E-state index contributed by atoms with van der Waals surface area (Å²) in [7, 11) is 1.57. The molecule has 0 bridgehead atoms. The average molecular weight is 248 g/mol. The number of ketones is 1. The predicted molar refractivity (Wildman–Crippen MR) is 65.6 cm³/mol. The minimum atomic E-state index is -0.682. The van der Waals surface area contributed by atoms with Crippen molar-refractivity contribution in [1.29, 1.82) is 0 Å². The van der Waals surface area contributed by atoms with Crippen molar-refractivity contribution in [3.8, 4) is 5.75 Å². The van der Waals surface area contributed by atoms with Gasteiger partial charge >= 0.3 is 5.63 Å². The molecule has 0 saturated carbocycles. The molecule has 2 N–H and O–H groups in total. The molecule has 18 heavy (non-hydrogen) atoms. The molecule has 0 aliphatic carbocycles. The molecule has 0 unspecified atom stereocenters. The Morgan fingerprint density at radius 3 is 2.56 bits per heavy atom. The number of aromatic amines is 1. The molecule has 1 heterocycles. The number of methoxy groups -OCH3 is 1. The fraction of sp³-hybridized carbons (Fsp3) is 0.167. The minimum absolute atomic E-state index is 0.0224. The number of hydrogen-bond acceptors (Lipinski definition) is 5. The molecule has 94 valence electrons. The number of anilines is 2. The number of benzene rings is 1. The molecular weight excluding hydrogens is 236 g/mol. The summed E-state index contributed by atoms with van der Waals surface area (Å²) in [6.07, 6.45) is 0. The van der Waals surface area contributed by atoms with Crippen LogP contribution in [0.4, 0.5) is 11.5 Å². The Hall–Kier alpha value is -2.50. The Morgan fingerprint density at radius 1 is 1.33 bits per heavy atom. The summed E-state index contributed by atoms with van der Waals surface area (Å²) < 4.78 is 9.61. The lowest BCUT2D eigenvalue weighted by Gasteiger charge is -2.05. The second kappa shape index (κ2) is 4.79. The Kier molecular flexibility index (Phi) is 3.18. The van der Waals surface area contributed by atoms with E-state index >= 15 is 0 Å². The number of nitrogens with one attached hydrogen (secondary N) is 2. The van der Waals surface area contributed by atoms with E-state index in [0.717, 1.165) is 0 Å². The van der Waals surface area contributed by atoms with E-state index in [2.05, 4.69) is 15.0 Å². The minimum Gasteiger partial charge on any atom is -0.497 e. The normalized spacial score (nSPS) is 10.1. The molecule has 1 aromatic heterocycles. The summed E-state index contributed by atoms with van der Waals surface area (Å²) in [6.45, 7) is 1.30. The van der Waals surface area contributed by atoms with Gasteiger partial charge in [-0.05, 0) is 31.2 Å². The Bertz CT molecular complexity index is 610. The van der Waals surface area contributed by atoms with E-state index in [-0.39, 0.29) is 17.2 Å². The molecule has 0 atom stereocenters. The number of aromatic nitrogens is 1. The van der Waals surface area contributed by atoms with Crippen LogP contribution in [0, 0.1) is 0 Å². The maximum Gasteiger partial charge on any atom is 0.370 e. The van der Waals surface area contributed by atoms with Crippen molar-refractivity contribution in [1.82, 2.24) is 5.16 Å². The van der Waals surface area contributed by atoms with Crippen LogP contribution in [0.15, 0.2) is 33.6 Å². The maximum atomic E-state index is 11.3. The molecular formula is C12H12N2O4. The molecule has 0 amide bonds. The number of H-pyrrole nitrogens is 1. The average Bonchev–Trinajstić information content (AvgIpc) is 2.71. The molecule has 0 radical (unpaired) electrons. The number of rotatable bonds is 4. The zero-order valence-electron chi connectivity index (χ0n) is 9.94. The van der Waals surface area contributed by atoms with Gasteiger partial charge in [0.2, 0.25) is 0 Å². The smallest absolute Gasteiger partial charge is 0.370 e. The maximum absolute atomic E-state index is 11.3. The lowest BCUT2D eigenvalue weighted by Crippen LogP contribution is -2.08. The number of ether oxygens (including phenoxy) is 1. The third kappa shape index (κ3) is 2.27. The fourth-order valence-electron chi connectivity index (χ4n) is 1.53. The predicted octanol–water partition coefficient (Wildman–Crippen LogP) is 1.92. The van der Waals surface area contributed by atoms with Crippen LogP contribution in [0.25, 0.3) is 0 Å². The Morgan fingerprint density at radius 2 is 2.00 bits per heavy atom. The highest BCUT2D eigenvalue weighted by atomic mass is 16.5. The number of carbonyl (C=O) groups excluding carboxylic acids is 1. The zero-order valence-corrected chi connectivity index (χ0v) is 9.94. The van der Waals surface area contributed by atoms with Gasteiger partial charge in [-0.25, -0.2) is 9.95 Å². The summed E-state index contributed by atoms with van der Waals surface area (Å²) in [6, 6.07) is 7.03. The van der Waals surface area contributed by atoms with Crippen molar-refractivity contribution in [2.24, 2.45) is 0 Å². The first kappa shape index (κ1) is 12.0. The quantitative estimate of drug-likeness (QED) is 0.807. The first-order chi connectivity index (χ1) is 8.61. The fourth-order valence-corrected chi connectivity index (χ4v) is 1.53. The van der Waals surface area contributed by atoms with Crippen LogP contribution < -0.4 is 15.7 Å². The van der Waals surface area contributed by atoms with Gasteiger partial charge in [0, 0.05) is 5.69 Å². The third-order valence-corrected chi connectivity index (χ3v) is 2.41. The molecule has 0 fully saturated rings. The van der Waals surface area contributed by atoms with Crippen LogP contribution in [-0.2, 0) is 0 Å². The van der Waals surface area contributed by atoms with Crippen molar-refractivity contribution in [3.05, 3.63) is 40.2 Å². The number of Topliss-reactive ketones (excluding diaryl/α,β-unsaturated/α-hetero) is 1. The largest absolute Gasteiger partial charge is 0.497 e. The molecule has 0 aliphatic rings. The molecule has 2 aromatic rings. The lowest BCUT2D eigenvalue weighted by atomic mass is 10.2. The Balaban J connectivity index is 2.28. The zero-order chi connectivity index (χ0) is 13.1. The van der Waals surface area contributed by atoms with Gasteiger partial charge in [-0.1, -0.05) is 0 Å². The monoisotopic (exact) mass is 248 g/mol. The molecule has 0 aliphatic heterocycles. The molecule has 0 saturated heterocycles. The van der Waals surface area contributed by atoms with Crippen LogP contribution in [0.1, 0.15) is 17.3 Å². The van der Waals surface area contributed by atoms with Crippen molar-refractivity contribution in [3.63, 3.8) is 0 Å². The van der Waals surface area contributed by atoms with Gasteiger partial charge in [-0.15, -0.1) is 0 Å². The molecule has 2 rings (SSSR count). The van der Waals surface area contributed by atoms with Gasteiger partial charge < -0.3 is 14.6 Å². The summed E-state index contributed by atoms with van der Waals surface area (Å²) in [5.74, 6) is 0.603. The SMILES string of the molecule is COc1ccc(Nc2[nH]oc(=O)c2C(C)=O)cc1. The van der Waals surface area contributed by atoms with Crippen molar-refractivity contribution in [2.75, 3.05) is 12.4 Å². The highest BCUT2D eigenvalue weighted by Gasteiger charge is 2.16. The van der Waals surface area contributed by atoms with Crippen LogP contribution in [0.5, 0.6) is 5.75 Å². The molecule has 6 nitrogen and oxygen atoms in total. The van der Waals surface area contributed by atoms with E-state index in [1.54, 1.807) is 31.4 Å². The summed E-state index contributed by atoms with van der Waals surface area (Å²) in [5, 5.41) is 5.28. The standard InChI is InChI=1S/C12H12N2O4/c1-7(15)10-11(14-18-12(10)16)13-8-3-5-9(17-2)6-4-8/h3-6,13-14H,1-2H3. The number of hydrogen-bond donors (Lipinski definition) is 2. The lowest BCUT2D eigenvalue weighted by molar-refractivity contribution is 0.101. The van der Waals surface area contributed by atoms with Crippen LogP contribution >= 0.6 is 0 Å². The van der Waals surface area contributed by atoms with Gasteiger partial charge in [0.25, 0.3) is 0 Å². The topological polar surface area (TPSA) is 84.3 Å². The molecule has 6 heteroatoms. The van der Waals surface area contributed by atoms with Gasteiger partial charge in [0.15, 0.2) is 11.6 Å². The summed E-state index contributed by atoms with van der Waals surface area (Å²) >= 11 is 0. The van der Waals surface area contributed by atoms with Gasteiger partial charge in [0.05, 0.1) is 7.11 Å². The first-order valence-corrected chi connectivity index (χ1v) is 5.25. The highest BCUT2D eigenvalue weighted by Crippen LogP contribution is 2.20. The van der Waals surface area contributed by atoms with E-state index in [9.17, 15) is 9.59 Å². The van der Waals surface area contributed by atoms with Crippen LogP contribution in [0.3, 0.4) is 0 Å². The van der Waals surface area contributed by atoms with Crippen molar-refractivity contribution < 1.29 is 14.1 Å². The van der Waals surface area contributed by atoms with E-state index in [1.807, 2.05) is 0 Å². The molecule has 0 spiro atoms. The van der Waals surface area contributed by atoms with Gasteiger partial charge in [-0.2, -0.15) is 0 Å². The van der Waals surface area contributed by atoms with Crippen molar-refractivity contribution in [2.45, 2.75) is 6.92 Å². The van der Waals surface area contributed by atoms with E-state index in [0.29, 0.717) is 11.4 Å². The van der Waals surface area contributed by atoms with Gasteiger partial charge in [-0.3, -0.25) is 4.79 Å². The third-order valence-electron chi connectivity index (χ3n) is 2.41.